The molecule has 0 aromatic rings. The first-order chi connectivity index (χ1) is 19.0. The first-order valence-electron chi connectivity index (χ1n) is 11.7. The Morgan fingerprint density at radius 1 is 0.690 bits per heavy atom. The highest BCUT2D eigenvalue weighted by atomic mass is 30.3. The molecular formula is C9H37O16Si17. The lowest BCUT2D eigenvalue weighted by atomic mass is 11.8. The van der Waals surface area contributed by atoms with E-state index >= 15 is 0 Å². The Kier molecular flexibility index (Phi) is 18.9. The van der Waals surface area contributed by atoms with E-state index < -0.39 is 136 Å². The second kappa shape index (κ2) is 17.6. The second-order valence-electron chi connectivity index (χ2n) is 10.5. The summed E-state index contributed by atoms with van der Waals surface area (Å²) in [7, 11) is -26.6. The van der Waals surface area contributed by atoms with Crippen molar-refractivity contribution in [1.29, 1.82) is 0 Å². The van der Waals surface area contributed by atoms with Crippen molar-refractivity contribution in [2.75, 3.05) is 7.11 Å². The molecule has 33 heteroatoms. The van der Waals surface area contributed by atoms with E-state index in [9.17, 15) is 43.2 Å². The molecule has 0 saturated carbocycles. The van der Waals surface area contributed by atoms with Crippen LogP contribution in [0.25, 0.3) is 0 Å². The molecule has 9 N–H and O–H groups in total. The predicted molar refractivity (Wildman–Crippen MR) is 180 cm³/mol. The van der Waals surface area contributed by atoms with E-state index in [1.165, 1.54) is 26.8 Å². The summed E-state index contributed by atoms with van der Waals surface area (Å²) in [6.07, 6.45) is 0. The minimum absolute atomic E-state index is 1.09. The van der Waals surface area contributed by atoms with Gasteiger partial charge in [-0.3, -0.25) is 0 Å². The Hall–Kier alpha value is 3.05. The summed E-state index contributed by atoms with van der Waals surface area (Å²) in [5, 5.41) is 0. The summed E-state index contributed by atoms with van der Waals surface area (Å²) in [5.41, 5.74) is 0. The monoisotopic (exact) mass is 877 g/mol. The molecule has 4 atom stereocenters. The van der Waals surface area contributed by atoms with Gasteiger partial charge in [0.1, 0.15) is 0 Å². The summed E-state index contributed by atoms with van der Waals surface area (Å²) in [6.45, 7) is -0.0719. The summed E-state index contributed by atoms with van der Waals surface area (Å²) in [5.74, 6) is 0. The molecule has 0 spiro atoms. The van der Waals surface area contributed by atoms with Crippen molar-refractivity contribution in [1.82, 2.24) is 0 Å². The van der Waals surface area contributed by atoms with Crippen molar-refractivity contribution >= 4 is 146 Å². The Labute approximate surface area is 275 Å². The lowest BCUT2D eigenvalue weighted by Gasteiger charge is -2.62. The molecule has 237 valence electrons. The first-order valence-corrected chi connectivity index (χ1v) is 49.3. The standard InChI is InChI=1S/C9H37O16Si17/c1-19-40(26,31-14)42(21-28-11,36(6,7)18)39(24-37(8,9)23-35(3,4)5,25-38(29-12,30-13)20-27-10)41(32-15,33-16)22-34(2)17/h10-18,34H,1-9H3. The fourth-order valence-electron chi connectivity index (χ4n) is 4.29. The van der Waals surface area contributed by atoms with E-state index in [1.54, 1.807) is 13.1 Å². The van der Waals surface area contributed by atoms with Crippen LogP contribution in [0.2, 0.25) is 52.4 Å². The Morgan fingerprint density at radius 2 is 1.17 bits per heavy atom. The summed E-state index contributed by atoms with van der Waals surface area (Å²) >= 11 is 0. The van der Waals surface area contributed by atoms with Gasteiger partial charge in [0.25, 0.3) is 32.3 Å². The van der Waals surface area contributed by atoms with E-state index in [0.29, 0.717) is 0 Å². The fourth-order valence-corrected chi connectivity index (χ4v) is 204. The Morgan fingerprint density at radius 3 is 1.45 bits per heavy atom. The molecule has 0 rings (SSSR count). The molecular weight excluding hydrogens is 842 g/mol. The van der Waals surface area contributed by atoms with Gasteiger partial charge in [-0.15, -0.1) is 0 Å². The maximum Gasteiger partial charge on any atom is 0.420 e. The maximum atomic E-state index is 12.3. The maximum absolute atomic E-state index is 12.3. The highest BCUT2D eigenvalue weighted by Crippen LogP contribution is 2.44. The van der Waals surface area contributed by atoms with Gasteiger partial charge in [0.2, 0.25) is 42.5 Å². The highest BCUT2D eigenvalue weighted by Gasteiger charge is 2.88. The second-order valence-corrected chi connectivity index (χ2v) is 85.8. The molecule has 16 nitrogen and oxygen atoms in total. The van der Waals surface area contributed by atoms with Gasteiger partial charge in [-0.1, -0.05) is 0 Å². The van der Waals surface area contributed by atoms with Crippen molar-refractivity contribution in [3.8, 4) is 0 Å². The van der Waals surface area contributed by atoms with Gasteiger partial charge in [0, 0.05) is 16.9 Å². The Bertz CT molecular complexity index is 804. The predicted octanol–water partition coefficient (Wildman–Crippen LogP) is -7.40. The molecule has 17 radical (unpaired) electrons. The number of hydrogen-bond donors (Lipinski definition) is 9. The third-order valence-corrected chi connectivity index (χ3v) is 129. The van der Waals surface area contributed by atoms with Gasteiger partial charge in [-0.25, -0.2) is 0 Å². The van der Waals surface area contributed by atoms with Gasteiger partial charge in [-0.05, 0) is 52.4 Å². The zero-order valence-electron chi connectivity index (χ0n) is 24.5. The zero-order chi connectivity index (χ0) is 33.5. The molecule has 0 fully saturated rings. The lowest BCUT2D eigenvalue weighted by Crippen LogP contribution is -3.03. The van der Waals surface area contributed by atoms with Crippen molar-refractivity contribution < 1.29 is 72.3 Å². The molecule has 0 amide bonds. The van der Waals surface area contributed by atoms with Crippen LogP contribution in [-0.4, -0.2) is 196 Å². The van der Waals surface area contributed by atoms with E-state index in [0.717, 1.165) is 0 Å². The van der Waals surface area contributed by atoms with Crippen LogP contribution < -0.4 is 0 Å². The third-order valence-electron chi connectivity index (χ3n) is 5.32. The molecule has 0 heterocycles. The molecule has 0 bridgehead atoms. The van der Waals surface area contributed by atoms with Crippen LogP contribution in [0.1, 0.15) is 0 Å². The van der Waals surface area contributed by atoms with Gasteiger partial charge < -0.3 is 72.3 Å². The number of hydrogen-bond acceptors (Lipinski definition) is 16. The molecule has 4 unspecified atom stereocenters. The van der Waals surface area contributed by atoms with Crippen molar-refractivity contribution in [2.24, 2.45) is 0 Å². The van der Waals surface area contributed by atoms with Crippen LogP contribution in [0, 0.1) is 0 Å². The van der Waals surface area contributed by atoms with Crippen LogP contribution in [0.4, 0.5) is 0 Å². The van der Waals surface area contributed by atoms with Crippen molar-refractivity contribution in [3.63, 3.8) is 0 Å². The number of rotatable bonds is 22. The van der Waals surface area contributed by atoms with E-state index in [1.807, 2.05) is 19.6 Å². The van der Waals surface area contributed by atoms with Gasteiger partial charge in [0.15, 0.2) is 8.32 Å². The summed E-state index contributed by atoms with van der Waals surface area (Å²) in [6, 6.07) is 0. The van der Waals surface area contributed by atoms with E-state index in [-0.39, 0.29) is 0 Å². The minimum atomic E-state index is -5.09. The molecule has 0 aliphatic rings. The van der Waals surface area contributed by atoms with Crippen LogP contribution in [-0.2, 0) is 29.1 Å². The quantitative estimate of drug-likeness (QED) is 0.0459. The Balaban J connectivity index is 8.92. The molecule has 0 saturated heterocycles. The molecule has 0 aliphatic carbocycles. The largest absolute Gasteiger partial charge is 0.437 e. The normalized spacial score (nSPS) is 19.2. The highest BCUT2D eigenvalue weighted by molar-refractivity contribution is 8.08. The summed E-state index contributed by atoms with van der Waals surface area (Å²) < 4.78 is 44.2. The topological polar surface area (TPSA) is 247 Å². The molecule has 42 heavy (non-hydrogen) atoms. The van der Waals surface area contributed by atoms with Crippen LogP contribution in [0.5, 0.6) is 0 Å². The SMILES string of the molecule is CO[Si]([Si])([Si]O)[Si](O[Si]O)([Si](C)(C)O)[Si](O[Si](C)(C)O[Si](C)(C)C)(O[Si](O[Si]O)([Si]O)[Si]O)[Si](O[SiH](C)O)([Si]O)[Si]O. The average Bonchev–Trinajstić information content (AvgIpc) is 2.86. The molecule has 0 aromatic heterocycles. The van der Waals surface area contributed by atoms with E-state index in [2.05, 4.69) is 9.76 Å². The van der Waals surface area contributed by atoms with Crippen LogP contribution >= 0.6 is 0 Å². The third kappa shape index (κ3) is 9.82. The fraction of sp³-hybridized carbons (Fsp3) is 1.00. The van der Waals surface area contributed by atoms with Gasteiger partial charge in [0.05, 0.1) is 0 Å². The van der Waals surface area contributed by atoms with Crippen LogP contribution in [0.3, 0.4) is 0 Å². The van der Waals surface area contributed by atoms with E-state index in [4.69, 9.17) is 29.1 Å². The van der Waals surface area contributed by atoms with Crippen molar-refractivity contribution in [3.05, 3.63) is 0 Å². The minimum Gasteiger partial charge on any atom is -0.437 e. The smallest absolute Gasteiger partial charge is 0.420 e. The molecule has 0 aliphatic heterocycles. The molecule has 0 aromatic carbocycles. The first kappa shape index (κ1) is 45.0. The average molecular weight is 879 g/mol. The lowest BCUT2D eigenvalue weighted by molar-refractivity contribution is 0.306. The van der Waals surface area contributed by atoms with Gasteiger partial charge in [-0.2, -0.15) is 0 Å². The van der Waals surface area contributed by atoms with Gasteiger partial charge >= 0.3 is 53.0 Å². The summed E-state index contributed by atoms with van der Waals surface area (Å²) in [4.78, 5) is 97.8. The van der Waals surface area contributed by atoms with Crippen molar-refractivity contribution in [2.45, 2.75) is 52.4 Å². The zero-order valence-corrected chi connectivity index (χ0v) is 41.6. The van der Waals surface area contributed by atoms with Crippen LogP contribution in [0.15, 0.2) is 0 Å².